The fraction of sp³-hybridized carbons (Fsp3) is 0.458. The van der Waals surface area contributed by atoms with Gasteiger partial charge in [0.15, 0.2) is 0 Å². The van der Waals surface area contributed by atoms with E-state index in [2.05, 4.69) is 5.32 Å². The predicted molar refractivity (Wildman–Crippen MR) is 123 cm³/mol. The molecule has 31 heavy (non-hydrogen) atoms. The molecule has 0 spiro atoms. The van der Waals surface area contributed by atoms with E-state index in [1.54, 1.807) is 20.1 Å². The number of hydrogen-bond acceptors (Lipinski definition) is 5. The van der Waals surface area contributed by atoms with Gasteiger partial charge in [-0.3, -0.25) is 4.79 Å². The van der Waals surface area contributed by atoms with Crippen LogP contribution in [-0.4, -0.2) is 45.4 Å². The summed E-state index contributed by atoms with van der Waals surface area (Å²) in [5.74, 6) is -0.856. The van der Waals surface area contributed by atoms with Gasteiger partial charge in [-0.1, -0.05) is 35.9 Å². The van der Waals surface area contributed by atoms with E-state index >= 15 is 0 Å². The van der Waals surface area contributed by atoms with Gasteiger partial charge in [-0.05, 0) is 62.1 Å². The first-order valence-corrected chi connectivity index (χ1v) is 11.0. The van der Waals surface area contributed by atoms with Crippen molar-refractivity contribution < 1.29 is 18.7 Å². The zero-order valence-corrected chi connectivity index (χ0v) is 19.0. The highest BCUT2D eigenvalue weighted by atomic mass is 35.5. The Morgan fingerprint density at radius 1 is 1.23 bits per heavy atom. The molecule has 2 aromatic rings. The molecule has 2 atom stereocenters. The molecule has 3 N–H and O–H groups in total. The number of hydrogen-bond donors (Lipinski definition) is 2. The van der Waals surface area contributed by atoms with Crippen molar-refractivity contribution in [1.82, 2.24) is 5.32 Å². The van der Waals surface area contributed by atoms with Crippen LogP contribution in [0.4, 0.5) is 4.39 Å². The van der Waals surface area contributed by atoms with E-state index in [0.717, 1.165) is 24.1 Å². The Morgan fingerprint density at radius 3 is 2.65 bits per heavy atom. The zero-order valence-electron chi connectivity index (χ0n) is 18.2. The lowest BCUT2D eigenvalue weighted by Crippen LogP contribution is -2.36. The molecule has 0 aromatic heterocycles. The Labute approximate surface area is 189 Å². The second-order valence-electron chi connectivity index (χ2n) is 7.52. The van der Waals surface area contributed by atoms with Gasteiger partial charge in [-0.2, -0.15) is 0 Å². The first kappa shape index (κ1) is 25.3. The normalized spacial score (nSPS) is 13.1. The monoisotopic (exact) mass is 450 g/mol. The van der Waals surface area contributed by atoms with Crippen molar-refractivity contribution >= 4 is 17.6 Å². The minimum Gasteiger partial charge on any atom is -0.466 e. The topological polar surface area (TPSA) is 73.6 Å². The number of carbonyl (C=O) groups excluding carboxylic acids is 1. The van der Waals surface area contributed by atoms with Crippen molar-refractivity contribution in [3.63, 3.8) is 0 Å². The molecule has 0 saturated heterocycles. The largest absolute Gasteiger partial charge is 0.466 e. The summed E-state index contributed by atoms with van der Waals surface area (Å²) in [6.45, 7) is 4.09. The smallest absolute Gasteiger partial charge is 0.310 e. The van der Waals surface area contributed by atoms with Gasteiger partial charge in [-0.15, -0.1) is 0 Å². The van der Waals surface area contributed by atoms with Crippen molar-refractivity contribution in [2.24, 2.45) is 11.7 Å². The van der Waals surface area contributed by atoms with E-state index in [4.69, 9.17) is 26.8 Å². The minimum absolute atomic E-state index is 0.205. The number of ether oxygens (including phenoxy) is 2. The molecule has 0 saturated carbocycles. The Bertz CT molecular complexity index is 817. The summed E-state index contributed by atoms with van der Waals surface area (Å²) in [6.07, 6.45) is 2.00. The standard InChI is InChI=1S/C24H32ClFN2O3/c1-3-31-24(29)19(16-28-11-4-12-30-2)14-21(27)13-17-5-7-18(8-6-17)22-15-20(25)9-10-23(22)26/h5-10,15,19,21,28H,3-4,11-14,16,27H2,1-2H3/t19-,21+/m0/s1. The first-order chi connectivity index (χ1) is 14.9. The maximum Gasteiger partial charge on any atom is 0.310 e. The summed E-state index contributed by atoms with van der Waals surface area (Å²) < 4.78 is 24.3. The molecular weight excluding hydrogens is 419 g/mol. The SMILES string of the molecule is CCOC(=O)[C@H](CNCCCOC)C[C@H](N)Cc1ccc(-c2cc(Cl)ccc2F)cc1. The van der Waals surface area contributed by atoms with Crippen molar-refractivity contribution in [2.45, 2.75) is 32.2 Å². The highest BCUT2D eigenvalue weighted by Crippen LogP contribution is 2.26. The molecule has 5 nitrogen and oxygen atoms in total. The van der Waals surface area contributed by atoms with Crippen LogP contribution in [0.15, 0.2) is 42.5 Å². The maximum atomic E-state index is 14.1. The van der Waals surface area contributed by atoms with Crippen LogP contribution in [0, 0.1) is 11.7 Å². The van der Waals surface area contributed by atoms with Gasteiger partial charge < -0.3 is 20.5 Å². The molecule has 0 fully saturated rings. The number of esters is 1. The number of nitrogens with one attached hydrogen (secondary N) is 1. The van der Waals surface area contributed by atoms with Crippen LogP contribution in [0.25, 0.3) is 11.1 Å². The summed E-state index contributed by atoms with van der Waals surface area (Å²) in [5, 5.41) is 3.77. The third-order valence-electron chi connectivity index (χ3n) is 4.99. The third kappa shape index (κ3) is 8.57. The fourth-order valence-corrected chi connectivity index (χ4v) is 3.60. The quantitative estimate of drug-likeness (QED) is 0.353. The van der Waals surface area contributed by atoms with Gasteiger partial charge in [0.1, 0.15) is 5.82 Å². The number of methoxy groups -OCH3 is 1. The zero-order chi connectivity index (χ0) is 22.6. The summed E-state index contributed by atoms with van der Waals surface area (Å²) in [6, 6.07) is 11.9. The van der Waals surface area contributed by atoms with Crippen LogP contribution >= 0.6 is 11.6 Å². The summed E-state index contributed by atoms with van der Waals surface area (Å²) in [4.78, 5) is 12.3. The second-order valence-corrected chi connectivity index (χ2v) is 7.96. The lowest BCUT2D eigenvalue weighted by Gasteiger charge is -2.20. The van der Waals surface area contributed by atoms with Crippen LogP contribution < -0.4 is 11.1 Å². The molecule has 0 heterocycles. The summed E-state index contributed by atoms with van der Waals surface area (Å²) in [7, 11) is 1.67. The molecule has 0 radical (unpaired) electrons. The van der Waals surface area contributed by atoms with E-state index in [-0.39, 0.29) is 23.7 Å². The first-order valence-electron chi connectivity index (χ1n) is 10.6. The Kier molecular flexibility index (Phi) is 10.9. The second kappa shape index (κ2) is 13.4. The van der Waals surface area contributed by atoms with Crippen molar-refractivity contribution in [3.8, 4) is 11.1 Å². The highest BCUT2D eigenvalue weighted by Gasteiger charge is 2.22. The molecule has 2 aromatic carbocycles. The lowest BCUT2D eigenvalue weighted by molar-refractivity contribution is -0.148. The number of halogens is 2. The van der Waals surface area contributed by atoms with E-state index in [1.807, 2.05) is 24.3 Å². The summed E-state index contributed by atoms with van der Waals surface area (Å²) >= 11 is 5.99. The highest BCUT2D eigenvalue weighted by molar-refractivity contribution is 6.30. The molecule has 0 aliphatic heterocycles. The average Bonchev–Trinajstić information content (AvgIpc) is 2.75. The van der Waals surface area contributed by atoms with Crippen molar-refractivity contribution in [1.29, 1.82) is 0 Å². The number of rotatable bonds is 13. The molecular formula is C24H32ClFN2O3. The van der Waals surface area contributed by atoms with E-state index in [1.165, 1.54) is 12.1 Å². The van der Waals surface area contributed by atoms with Gasteiger partial charge in [0.05, 0.1) is 12.5 Å². The molecule has 0 aliphatic rings. The Morgan fingerprint density at radius 2 is 1.97 bits per heavy atom. The van der Waals surface area contributed by atoms with Crippen molar-refractivity contribution in [2.75, 3.05) is 33.4 Å². The van der Waals surface area contributed by atoms with Crippen LogP contribution in [-0.2, 0) is 20.7 Å². The summed E-state index contributed by atoms with van der Waals surface area (Å²) in [5.41, 5.74) is 8.59. The average molecular weight is 451 g/mol. The minimum atomic E-state index is -0.316. The fourth-order valence-electron chi connectivity index (χ4n) is 3.43. The molecule has 0 unspecified atom stereocenters. The third-order valence-corrected chi connectivity index (χ3v) is 5.23. The molecule has 0 aliphatic carbocycles. The van der Waals surface area contributed by atoms with Crippen LogP contribution in [0.5, 0.6) is 0 Å². The van der Waals surface area contributed by atoms with Crippen molar-refractivity contribution in [3.05, 3.63) is 58.9 Å². The van der Waals surface area contributed by atoms with Gasteiger partial charge >= 0.3 is 5.97 Å². The molecule has 7 heteroatoms. The van der Waals surface area contributed by atoms with E-state index < -0.39 is 0 Å². The molecule has 0 bridgehead atoms. The van der Waals surface area contributed by atoms with Gasteiger partial charge in [0.25, 0.3) is 0 Å². The van der Waals surface area contributed by atoms with Crippen LogP contribution in [0.2, 0.25) is 5.02 Å². The van der Waals surface area contributed by atoms with Crippen LogP contribution in [0.3, 0.4) is 0 Å². The Balaban J connectivity index is 1.95. The number of carbonyl (C=O) groups is 1. The van der Waals surface area contributed by atoms with Gasteiger partial charge in [0, 0.05) is 36.9 Å². The van der Waals surface area contributed by atoms with E-state index in [9.17, 15) is 9.18 Å². The van der Waals surface area contributed by atoms with Crippen LogP contribution in [0.1, 0.15) is 25.3 Å². The maximum absolute atomic E-state index is 14.1. The number of nitrogens with two attached hydrogens (primary N) is 1. The molecule has 0 amide bonds. The lowest BCUT2D eigenvalue weighted by atomic mass is 9.94. The predicted octanol–water partition coefficient (Wildman–Crippen LogP) is 4.21. The molecule has 2 rings (SSSR count). The Hall–Kier alpha value is -1.99. The number of benzene rings is 2. The van der Waals surface area contributed by atoms with Gasteiger partial charge in [0.2, 0.25) is 0 Å². The van der Waals surface area contributed by atoms with E-state index in [0.29, 0.717) is 43.2 Å². The molecule has 170 valence electrons. The van der Waals surface area contributed by atoms with Gasteiger partial charge in [-0.25, -0.2) is 4.39 Å².